The van der Waals surface area contributed by atoms with Crippen LogP contribution in [-0.2, 0) is 15.6 Å². The quantitative estimate of drug-likeness (QED) is 0.761. The zero-order valence-corrected chi connectivity index (χ0v) is 13.3. The van der Waals surface area contributed by atoms with E-state index in [4.69, 9.17) is 4.52 Å². The Labute approximate surface area is 130 Å². The highest BCUT2D eigenvalue weighted by Gasteiger charge is 2.30. The van der Waals surface area contributed by atoms with Gasteiger partial charge < -0.3 is 24.4 Å². The van der Waals surface area contributed by atoms with Gasteiger partial charge in [-0.2, -0.15) is 0 Å². The summed E-state index contributed by atoms with van der Waals surface area (Å²) in [6.45, 7) is 2.17. The van der Waals surface area contributed by atoms with E-state index in [0.717, 1.165) is 5.56 Å². The summed E-state index contributed by atoms with van der Waals surface area (Å²) >= 11 is 0. The molecule has 0 aliphatic rings. The van der Waals surface area contributed by atoms with Crippen LogP contribution in [0.4, 0.5) is 0 Å². The Balaban J connectivity index is 2.26. The number of benzene rings is 2. The zero-order chi connectivity index (χ0) is 16.0. The third-order valence-corrected chi connectivity index (χ3v) is 5.11. The van der Waals surface area contributed by atoms with Crippen molar-refractivity contribution in [2.24, 2.45) is 0 Å². The molecule has 0 saturated heterocycles. The van der Waals surface area contributed by atoms with E-state index in [-0.39, 0.29) is 12.4 Å². The number of hydrogen-bond acceptors (Lipinski definition) is 4. The largest absolute Gasteiger partial charge is 0.774 e. The van der Waals surface area contributed by atoms with Crippen LogP contribution in [0.3, 0.4) is 0 Å². The highest BCUT2D eigenvalue weighted by atomic mass is 31.2. The Hall–Kier alpha value is -1.65. The van der Waals surface area contributed by atoms with Gasteiger partial charge in [0.05, 0.1) is 12.2 Å². The molecule has 2 atom stereocenters. The summed E-state index contributed by atoms with van der Waals surface area (Å²) < 4.78 is 17.3. The van der Waals surface area contributed by atoms with Crippen molar-refractivity contribution in [2.45, 2.75) is 19.3 Å². The van der Waals surface area contributed by atoms with Crippen molar-refractivity contribution in [3.63, 3.8) is 0 Å². The fourth-order valence-corrected chi connectivity index (χ4v) is 3.73. The molecule has 0 fully saturated rings. The molecule has 1 unspecified atom stereocenters. The Morgan fingerprint density at radius 1 is 1.18 bits per heavy atom. The molecule has 0 amide bonds. The number of aromatic hydroxyl groups is 1. The highest BCUT2D eigenvalue weighted by molar-refractivity contribution is 7.51. The zero-order valence-electron chi connectivity index (χ0n) is 12.4. The highest BCUT2D eigenvalue weighted by Crippen LogP contribution is 2.50. The molecule has 0 bridgehead atoms. The summed E-state index contributed by atoms with van der Waals surface area (Å²) in [5.74, 6) is -1.03. The topological polar surface area (TPSA) is 86.2 Å². The molecular weight excluding hydrogens is 301 g/mol. The van der Waals surface area contributed by atoms with E-state index in [0.29, 0.717) is 12.1 Å². The first-order valence-corrected chi connectivity index (χ1v) is 8.76. The Morgan fingerprint density at radius 2 is 1.82 bits per heavy atom. The van der Waals surface area contributed by atoms with Crippen LogP contribution in [0.1, 0.15) is 23.8 Å². The van der Waals surface area contributed by atoms with Crippen molar-refractivity contribution in [1.82, 2.24) is 0 Å². The second-order valence-electron chi connectivity index (χ2n) is 4.89. The van der Waals surface area contributed by atoms with Gasteiger partial charge in [-0.3, -0.25) is 0 Å². The smallest absolute Gasteiger partial charge is 0.197 e. The molecule has 3 N–H and O–H groups in total. The van der Waals surface area contributed by atoms with Crippen LogP contribution in [0.25, 0.3) is 0 Å². The van der Waals surface area contributed by atoms with Crippen molar-refractivity contribution >= 4 is 7.60 Å². The Bertz CT molecular complexity index is 648. The fraction of sp³-hybridized carbons (Fsp3) is 0.250. The molecule has 0 saturated carbocycles. The molecular formula is C16H20NO4P. The van der Waals surface area contributed by atoms with E-state index in [1.165, 1.54) is 6.07 Å². The second kappa shape index (κ2) is 7.56. The molecule has 2 rings (SSSR count). The molecule has 2 aromatic rings. The predicted octanol–water partition coefficient (Wildman–Crippen LogP) is 1.74. The Morgan fingerprint density at radius 3 is 2.45 bits per heavy atom. The van der Waals surface area contributed by atoms with Crippen LogP contribution in [0, 0.1) is 0 Å². The molecule has 5 nitrogen and oxygen atoms in total. The van der Waals surface area contributed by atoms with Gasteiger partial charge in [0, 0.05) is 5.56 Å². The second-order valence-corrected chi connectivity index (χ2v) is 6.78. The van der Waals surface area contributed by atoms with Crippen molar-refractivity contribution < 1.29 is 24.4 Å². The maximum atomic E-state index is 12.4. The summed E-state index contributed by atoms with van der Waals surface area (Å²) in [7, 11) is -4.15. The average molecular weight is 321 g/mol. The summed E-state index contributed by atoms with van der Waals surface area (Å²) in [6, 6.07) is 16.0. The maximum absolute atomic E-state index is 12.4. The number of para-hydroxylation sites is 1. The van der Waals surface area contributed by atoms with Crippen LogP contribution in [0.15, 0.2) is 54.6 Å². The van der Waals surface area contributed by atoms with Crippen LogP contribution in [0.2, 0.25) is 0 Å². The number of phenols is 1. The van der Waals surface area contributed by atoms with Crippen molar-refractivity contribution in [2.75, 3.05) is 6.61 Å². The van der Waals surface area contributed by atoms with Gasteiger partial charge in [0.15, 0.2) is 13.4 Å². The van der Waals surface area contributed by atoms with E-state index in [9.17, 15) is 14.6 Å². The minimum Gasteiger partial charge on any atom is -0.774 e. The molecule has 2 aromatic carbocycles. The average Bonchev–Trinajstić information content (AvgIpc) is 2.50. The number of phenolic OH excluding ortho intramolecular Hbond substituents is 1. The van der Waals surface area contributed by atoms with Crippen molar-refractivity contribution in [3.8, 4) is 5.75 Å². The lowest BCUT2D eigenvalue weighted by molar-refractivity contribution is -0.696. The van der Waals surface area contributed by atoms with Gasteiger partial charge in [-0.25, -0.2) is 0 Å². The SMILES string of the molecule is CCOP(=O)([O-])[C@H]([NH2+]Cc1ccccc1)c1ccccc1O. The molecule has 0 aliphatic heterocycles. The van der Waals surface area contributed by atoms with E-state index < -0.39 is 13.4 Å². The lowest BCUT2D eigenvalue weighted by atomic mass is 10.2. The van der Waals surface area contributed by atoms with Gasteiger partial charge in [-0.1, -0.05) is 42.5 Å². The molecule has 0 radical (unpaired) electrons. The van der Waals surface area contributed by atoms with E-state index in [1.54, 1.807) is 30.4 Å². The van der Waals surface area contributed by atoms with Gasteiger partial charge >= 0.3 is 0 Å². The summed E-state index contributed by atoms with van der Waals surface area (Å²) in [6.07, 6.45) is 0. The molecule has 118 valence electrons. The van der Waals surface area contributed by atoms with Crippen LogP contribution < -0.4 is 10.2 Å². The van der Waals surface area contributed by atoms with Gasteiger partial charge in [0.1, 0.15) is 12.3 Å². The van der Waals surface area contributed by atoms with E-state index in [1.807, 2.05) is 30.3 Å². The minimum absolute atomic E-state index is 0.0485. The van der Waals surface area contributed by atoms with Crippen LogP contribution in [0.5, 0.6) is 5.75 Å². The fourth-order valence-electron chi connectivity index (χ4n) is 2.29. The molecule has 0 aliphatic carbocycles. The molecule has 0 heterocycles. The number of hydrogen-bond donors (Lipinski definition) is 2. The predicted molar refractivity (Wildman–Crippen MR) is 82.2 cm³/mol. The summed E-state index contributed by atoms with van der Waals surface area (Å²) in [5, 5.41) is 11.6. The van der Waals surface area contributed by atoms with E-state index in [2.05, 4.69) is 0 Å². The third-order valence-electron chi connectivity index (χ3n) is 3.32. The minimum atomic E-state index is -4.15. The molecule has 0 spiro atoms. The van der Waals surface area contributed by atoms with Crippen molar-refractivity contribution in [3.05, 3.63) is 65.7 Å². The van der Waals surface area contributed by atoms with Crippen LogP contribution in [-0.4, -0.2) is 11.7 Å². The number of nitrogens with two attached hydrogens (primary N) is 1. The third kappa shape index (κ3) is 4.18. The Kier molecular flexibility index (Phi) is 5.75. The molecule has 22 heavy (non-hydrogen) atoms. The first-order chi connectivity index (χ1) is 10.5. The first kappa shape index (κ1) is 16.7. The van der Waals surface area contributed by atoms with Gasteiger partial charge in [0.2, 0.25) is 0 Å². The lowest BCUT2D eigenvalue weighted by Gasteiger charge is -2.30. The van der Waals surface area contributed by atoms with Gasteiger partial charge in [-0.05, 0) is 19.1 Å². The monoisotopic (exact) mass is 321 g/mol. The number of rotatable bonds is 7. The molecule has 6 heteroatoms. The summed E-state index contributed by atoms with van der Waals surface area (Å²) in [5.41, 5.74) is 1.34. The number of quaternary nitrogens is 1. The normalized spacial score (nSPS) is 15.2. The molecule has 0 aromatic heterocycles. The standard InChI is InChI=1S/C16H20NO4P/c1-2-21-22(19,20)16(14-10-6-7-11-15(14)18)17-12-13-8-4-3-5-9-13/h3-11,16-18H,2,12H2,1H3,(H,19,20)/t16-/m0/s1. The van der Waals surface area contributed by atoms with E-state index >= 15 is 0 Å². The van der Waals surface area contributed by atoms with Crippen molar-refractivity contribution in [1.29, 1.82) is 0 Å². The summed E-state index contributed by atoms with van der Waals surface area (Å²) in [4.78, 5) is 12.4. The maximum Gasteiger partial charge on any atom is 0.197 e. The van der Waals surface area contributed by atoms with Gasteiger partial charge in [0.25, 0.3) is 0 Å². The van der Waals surface area contributed by atoms with Gasteiger partial charge in [-0.15, -0.1) is 0 Å². The lowest BCUT2D eigenvalue weighted by Crippen LogP contribution is -2.83. The van der Waals surface area contributed by atoms with Crippen LogP contribution >= 0.6 is 7.60 Å². The first-order valence-electron chi connectivity index (χ1n) is 7.15.